The number of amides is 1. The van der Waals surface area contributed by atoms with Crippen molar-refractivity contribution in [2.75, 3.05) is 5.32 Å². The number of aryl methyl sites for hydroxylation is 2. The normalized spacial score (nSPS) is 13.5. The van der Waals surface area contributed by atoms with Crippen LogP contribution in [0.3, 0.4) is 0 Å². The van der Waals surface area contributed by atoms with Gasteiger partial charge in [0, 0.05) is 11.3 Å². The fraction of sp³-hybridized carbons (Fsp3) is 0.316. The second-order valence-corrected chi connectivity index (χ2v) is 5.99. The van der Waals surface area contributed by atoms with Gasteiger partial charge in [-0.2, -0.15) is 0 Å². The molecular formula is C19H25N2O+. The quantitative estimate of drug-likeness (QED) is 0.875. The largest absolute Gasteiger partial charge is 0.330 e. The van der Waals surface area contributed by atoms with Crippen molar-refractivity contribution in [3.05, 3.63) is 65.2 Å². The van der Waals surface area contributed by atoms with Crippen LogP contribution in [0.15, 0.2) is 48.5 Å². The van der Waals surface area contributed by atoms with E-state index in [-0.39, 0.29) is 18.0 Å². The van der Waals surface area contributed by atoms with E-state index in [1.165, 1.54) is 11.1 Å². The molecule has 0 spiro atoms. The van der Waals surface area contributed by atoms with E-state index in [1.807, 2.05) is 44.2 Å². The van der Waals surface area contributed by atoms with Crippen LogP contribution in [-0.4, -0.2) is 11.9 Å². The van der Waals surface area contributed by atoms with E-state index in [2.05, 4.69) is 42.7 Å². The number of hydrogen-bond donors (Lipinski definition) is 2. The minimum atomic E-state index is -0.143. The monoisotopic (exact) mass is 297 g/mol. The lowest BCUT2D eigenvalue weighted by atomic mass is 10.1. The van der Waals surface area contributed by atoms with E-state index in [9.17, 15) is 4.79 Å². The number of nitrogens with one attached hydrogen (secondary N) is 1. The molecule has 116 valence electrons. The summed E-state index contributed by atoms with van der Waals surface area (Å²) in [5.41, 5.74) is 4.42. The maximum atomic E-state index is 12.4. The summed E-state index contributed by atoms with van der Waals surface area (Å²) in [5, 5.41) is 5.12. The smallest absolute Gasteiger partial charge is 0.282 e. The maximum Gasteiger partial charge on any atom is 0.282 e. The van der Waals surface area contributed by atoms with Crippen molar-refractivity contribution in [2.45, 2.75) is 39.8 Å². The molecule has 0 saturated carbocycles. The molecule has 0 aliphatic rings. The lowest BCUT2D eigenvalue weighted by molar-refractivity contribution is -0.709. The lowest BCUT2D eigenvalue weighted by Gasteiger charge is -2.17. The summed E-state index contributed by atoms with van der Waals surface area (Å²) >= 11 is 0. The van der Waals surface area contributed by atoms with Crippen LogP contribution in [0, 0.1) is 13.8 Å². The van der Waals surface area contributed by atoms with Crippen LogP contribution >= 0.6 is 0 Å². The van der Waals surface area contributed by atoms with Gasteiger partial charge in [0.15, 0.2) is 6.04 Å². The molecule has 3 N–H and O–H groups in total. The van der Waals surface area contributed by atoms with Gasteiger partial charge in [-0.25, -0.2) is 0 Å². The van der Waals surface area contributed by atoms with E-state index in [4.69, 9.17) is 0 Å². The molecule has 0 bridgehead atoms. The summed E-state index contributed by atoms with van der Waals surface area (Å²) in [4.78, 5) is 12.4. The molecule has 2 aromatic rings. The molecule has 3 nitrogen and oxygen atoms in total. The van der Waals surface area contributed by atoms with Crippen LogP contribution < -0.4 is 10.6 Å². The molecule has 0 fully saturated rings. The standard InChI is InChI=1S/C19H24N2O/c1-13-10-11-18(14(2)12-13)21-19(22)16(4)20-15(3)17-8-6-5-7-9-17/h5-12,15-16,20H,1-4H3,(H,21,22)/p+1/t15-,16+/m0/s1. The van der Waals surface area contributed by atoms with Crippen LogP contribution in [0.25, 0.3) is 0 Å². The summed E-state index contributed by atoms with van der Waals surface area (Å²) in [6.07, 6.45) is 0. The van der Waals surface area contributed by atoms with Gasteiger partial charge in [-0.1, -0.05) is 48.0 Å². The van der Waals surface area contributed by atoms with Crippen molar-refractivity contribution in [3.63, 3.8) is 0 Å². The average molecular weight is 297 g/mol. The fourth-order valence-corrected chi connectivity index (χ4v) is 2.59. The summed E-state index contributed by atoms with van der Waals surface area (Å²) < 4.78 is 0. The summed E-state index contributed by atoms with van der Waals surface area (Å²) in [5.74, 6) is 0.0368. The number of quaternary nitrogens is 1. The van der Waals surface area contributed by atoms with E-state index >= 15 is 0 Å². The number of rotatable bonds is 5. The van der Waals surface area contributed by atoms with Crippen LogP contribution in [0.5, 0.6) is 0 Å². The Hall–Kier alpha value is -2.13. The minimum absolute atomic E-state index is 0.0368. The molecule has 3 heteroatoms. The number of carbonyl (C=O) groups excluding carboxylic acids is 1. The van der Waals surface area contributed by atoms with Crippen molar-refractivity contribution in [1.29, 1.82) is 0 Å². The molecule has 0 aromatic heterocycles. The van der Waals surface area contributed by atoms with Gasteiger partial charge in [0.2, 0.25) is 0 Å². The SMILES string of the molecule is Cc1ccc(NC(=O)[C@@H](C)[NH2+][C@@H](C)c2ccccc2)c(C)c1. The number of anilines is 1. The molecule has 0 unspecified atom stereocenters. The third kappa shape index (κ3) is 4.18. The first-order chi connectivity index (χ1) is 10.5. The Morgan fingerprint density at radius 3 is 2.36 bits per heavy atom. The highest BCUT2D eigenvalue weighted by Crippen LogP contribution is 2.16. The Bertz CT molecular complexity index is 637. The number of hydrogen-bond acceptors (Lipinski definition) is 1. The third-order valence-electron chi connectivity index (χ3n) is 3.96. The van der Waals surface area contributed by atoms with Crippen LogP contribution in [0.1, 0.15) is 36.6 Å². The van der Waals surface area contributed by atoms with Crippen molar-refractivity contribution in [3.8, 4) is 0 Å². The lowest BCUT2D eigenvalue weighted by Crippen LogP contribution is -2.91. The topological polar surface area (TPSA) is 45.7 Å². The van der Waals surface area contributed by atoms with Gasteiger partial charge in [-0.15, -0.1) is 0 Å². The van der Waals surface area contributed by atoms with Crippen LogP contribution in [-0.2, 0) is 4.79 Å². The van der Waals surface area contributed by atoms with E-state index in [0.717, 1.165) is 11.3 Å². The van der Waals surface area contributed by atoms with Crippen molar-refractivity contribution < 1.29 is 10.1 Å². The van der Waals surface area contributed by atoms with E-state index in [0.29, 0.717) is 0 Å². The second-order valence-electron chi connectivity index (χ2n) is 5.99. The Morgan fingerprint density at radius 1 is 1.05 bits per heavy atom. The summed E-state index contributed by atoms with van der Waals surface area (Å²) in [7, 11) is 0. The second kappa shape index (κ2) is 7.23. The third-order valence-corrected chi connectivity index (χ3v) is 3.96. The summed E-state index contributed by atoms with van der Waals surface area (Å²) in [6, 6.07) is 16.4. The molecule has 0 heterocycles. The van der Waals surface area contributed by atoms with E-state index < -0.39 is 0 Å². The molecule has 0 aliphatic heterocycles. The Balaban J connectivity index is 1.97. The van der Waals surface area contributed by atoms with Gasteiger partial charge in [0.25, 0.3) is 5.91 Å². The van der Waals surface area contributed by atoms with Crippen molar-refractivity contribution in [2.24, 2.45) is 0 Å². The van der Waals surface area contributed by atoms with Gasteiger partial charge < -0.3 is 10.6 Å². The maximum absolute atomic E-state index is 12.4. The zero-order valence-electron chi connectivity index (χ0n) is 13.8. The number of carbonyl (C=O) groups is 1. The molecule has 2 atom stereocenters. The van der Waals surface area contributed by atoms with E-state index in [1.54, 1.807) is 0 Å². The first kappa shape index (κ1) is 16.2. The molecule has 22 heavy (non-hydrogen) atoms. The Morgan fingerprint density at radius 2 is 1.73 bits per heavy atom. The molecule has 2 aromatic carbocycles. The highest BCUT2D eigenvalue weighted by molar-refractivity contribution is 5.94. The predicted octanol–water partition coefficient (Wildman–Crippen LogP) is 2.96. The number of nitrogens with two attached hydrogens (primary N) is 1. The van der Waals surface area contributed by atoms with Gasteiger partial charge >= 0.3 is 0 Å². The average Bonchev–Trinajstić information content (AvgIpc) is 2.50. The van der Waals surface area contributed by atoms with Crippen molar-refractivity contribution in [1.82, 2.24) is 0 Å². The highest BCUT2D eigenvalue weighted by Gasteiger charge is 2.20. The Kier molecular flexibility index (Phi) is 5.34. The first-order valence-electron chi connectivity index (χ1n) is 7.75. The highest BCUT2D eigenvalue weighted by atomic mass is 16.2. The zero-order chi connectivity index (χ0) is 16.1. The molecule has 2 rings (SSSR count). The fourth-order valence-electron chi connectivity index (χ4n) is 2.59. The van der Waals surface area contributed by atoms with Gasteiger partial charge in [0.1, 0.15) is 6.04 Å². The van der Waals surface area contributed by atoms with Crippen LogP contribution in [0.4, 0.5) is 5.69 Å². The molecule has 0 aliphatic carbocycles. The number of benzene rings is 2. The molecule has 0 radical (unpaired) electrons. The van der Waals surface area contributed by atoms with Gasteiger partial charge in [0.05, 0.1) is 0 Å². The first-order valence-corrected chi connectivity index (χ1v) is 7.75. The molecule has 1 amide bonds. The summed E-state index contributed by atoms with van der Waals surface area (Å²) in [6.45, 7) is 8.13. The molecule has 0 saturated heterocycles. The van der Waals surface area contributed by atoms with Crippen LogP contribution in [0.2, 0.25) is 0 Å². The Labute approximate surface area is 132 Å². The van der Waals surface area contributed by atoms with Gasteiger partial charge in [-0.3, -0.25) is 4.79 Å². The van der Waals surface area contributed by atoms with Gasteiger partial charge in [-0.05, 0) is 39.3 Å². The van der Waals surface area contributed by atoms with Crippen molar-refractivity contribution >= 4 is 11.6 Å². The molecular weight excluding hydrogens is 272 g/mol. The zero-order valence-corrected chi connectivity index (χ0v) is 13.8. The minimum Gasteiger partial charge on any atom is -0.330 e. The predicted molar refractivity (Wildman–Crippen MR) is 90.8 cm³/mol.